The van der Waals surface area contributed by atoms with Gasteiger partial charge >= 0.3 is 0 Å². The molecule has 2 heterocycles. The molecule has 1 aromatic rings. The van der Waals surface area contributed by atoms with E-state index in [-0.39, 0.29) is 5.54 Å². The van der Waals surface area contributed by atoms with E-state index in [1.165, 1.54) is 5.56 Å². The van der Waals surface area contributed by atoms with Crippen LogP contribution in [0.25, 0.3) is 0 Å². The van der Waals surface area contributed by atoms with E-state index in [2.05, 4.69) is 55.1 Å². The van der Waals surface area contributed by atoms with Gasteiger partial charge in [0, 0.05) is 37.4 Å². The molecule has 0 unspecified atom stereocenters. The van der Waals surface area contributed by atoms with Crippen molar-refractivity contribution in [2.24, 2.45) is 0 Å². The fourth-order valence-corrected chi connectivity index (χ4v) is 2.57. The molecule has 0 atom stereocenters. The van der Waals surface area contributed by atoms with Gasteiger partial charge in [0.1, 0.15) is 5.82 Å². The van der Waals surface area contributed by atoms with Crippen LogP contribution in [0.15, 0.2) is 12.1 Å². The van der Waals surface area contributed by atoms with Crippen molar-refractivity contribution in [1.29, 1.82) is 0 Å². The van der Waals surface area contributed by atoms with Crippen LogP contribution in [0.4, 0.5) is 5.82 Å². The Morgan fingerprint density at radius 1 is 1.32 bits per heavy atom. The number of rotatable bonds is 3. The molecule has 1 aromatic heterocycles. The van der Waals surface area contributed by atoms with Crippen molar-refractivity contribution in [3.05, 3.63) is 23.4 Å². The van der Waals surface area contributed by atoms with E-state index in [1.807, 2.05) is 7.05 Å². The molecular formula is C15H26N4. The summed E-state index contributed by atoms with van der Waals surface area (Å²) < 4.78 is 0. The number of piperazine rings is 1. The summed E-state index contributed by atoms with van der Waals surface area (Å²) in [5, 5.41) is 3.18. The average Bonchev–Trinajstić information content (AvgIpc) is 2.35. The lowest BCUT2D eigenvalue weighted by Gasteiger charge is -2.45. The monoisotopic (exact) mass is 262 g/mol. The van der Waals surface area contributed by atoms with Crippen LogP contribution in [0, 0.1) is 6.92 Å². The molecular weight excluding hydrogens is 236 g/mol. The van der Waals surface area contributed by atoms with Crippen LogP contribution in [0.2, 0.25) is 0 Å². The number of nitrogens with zero attached hydrogens (tertiary/aromatic N) is 3. The first-order valence-electron chi connectivity index (χ1n) is 7.01. The number of nitrogens with one attached hydrogen (secondary N) is 1. The first-order chi connectivity index (χ1) is 8.94. The summed E-state index contributed by atoms with van der Waals surface area (Å²) in [6, 6.07) is 4.35. The lowest BCUT2D eigenvalue weighted by Crippen LogP contribution is -2.57. The van der Waals surface area contributed by atoms with Gasteiger partial charge in [-0.1, -0.05) is 6.07 Å². The maximum Gasteiger partial charge on any atom is 0.128 e. The number of likely N-dealkylation sites (N-methyl/N-ethyl adjacent to an activating group) is 1. The first-order valence-corrected chi connectivity index (χ1v) is 7.01. The Balaban J connectivity index is 2.16. The van der Waals surface area contributed by atoms with E-state index in [9.17, 15) is 0 Å². The van der Waals surface area contributed by atoms with Gasteiger partial charge in [0.05, 0.1) is 0 Å². The largest absolute Gasteiger partial charge is 0.353 e. The van der Waals surface area contributed by atoms with Crippen LogP contribution in [-0.4, -0.2) is 49.2 Å². The van der Waals surface area contributed by atoms with Crippen molar-refractivity contribution in [3.63, 3.8) is 0 Å². The lowest BCUT2D eigenvalue weighted by atomic mass is 10.00. The number of anilines is 1. The fraction of sp³-hybridized carbons (Fsp3) is 0.667. The molecule has 0 spiro atoms. The van der Waals surface area contributed by atoms with Gasteiger partial charge in [0.2, 0.25) is 0 Å². The molecule has 0 saturated carbocycles. The normalized spacial score (nSPS) is 19.7. The summed E-state index contributed by atoms with van der Waals surface area (Å²) in [7, 11) is 4.17. The molecule has 4 heteroatoms. The molecule has 1 aliphatic heterocycles. The first kappa shape index (κ1) is 14.3. The molecule has 1 N–H and O–H groups in total. The number of hydrogen-bond donors (Lipinski definition) is 1. The third-order valence-electron chi connectivity index (χ3n) is 4.19. The SMILES string of the molecule is CNCc1ccc(N2CCN(C)C(C)(C)C2)nc1C. The Labute approximate surface area is 116 Å². The molecule has 106 valence electrons. The topological polar surface area (TPSA) is 31.4 Å². The molecule has 1 aliphatic rings. The van der Waals surface area contributed by atoms with E-state index in [1.54, 1.807) is 0 Å². The van der Waals surface area contributed by atoms with Gasteiger partial charge in [-0.05, 0) is 46.5 Å². The number of aryl methyl sites for hydroxylation is 1. The molecule has 0 radical (unpaired) electrons. The summed E-state index contributed by atoms with van der Waals surface area (Å²) in [5.41, 5.74) is 2.61. The number of pyridine rings is 1. The third-order valence-corrected chi connectivity index (χ3v) is 4.19. The Morgan fingerprint density at radius 2 is 2.05 bits per heavy atom. The summed E-state index contributed by atoms with van der Waals surface area (Å²) in [4.78, 5) is 9.59. The molecule has 4 nitrogen and oxygen atoms in total. The predicted molar refractivity (Wildman–Crippen MR) is 80.7 cm³/mol. The summed E-state index contributed by atoms with van der Waals surface area (Å²) in [5.74, 6) is 1.11. The van der Waals surface area contributed by atoms with Crippen molar-refractivity contribution in [2.45, 2.75) is 32.9 Å². The highest BCUT2D eigenvalue weighted by Gasteiger charge is 2.31. The second-order valence-electron chi connectivity index (χ2n) is 6.10. The standard InChI is InChI=1S/C15H26N4/c1-12-13(10-16-4)6-7-14(17-12)19-9-8-18(5)15(2,3)11-19/h6-7,16H,8-11H2,1-5H3. The fourth-order valence-electron chi connectivity index (χ4n) is 2.57. The molecule has 1 fully saturated rings. The molecule has 1 saturated heterocycles. The van der Waals surface area contributed by atoms with Gasteiger partial charge in [-0.2, -0.15) is 0 Å². The second-order valence-corrected chi connectivity index (χ2v) is 6.10. The van der Waals surface area contributed by atoms with E-state index < -0.39 is 0 Å². The van der Waals surface area contributed by atoms with E-state index in [0.29, 0.717) is 0 Å². The maximum absolute atomic E-state index is 4.77. The van der Waals surface area contributed by atoms with Crippen LogP contribution in [0.5, 0.6) is 0 Å². The van der Waals surface area contributed by atoms with E-state index in [0.717, 1.165) is 37.7 Å². The van der Waals surface area contributed by atoms with Crippen molar-refractivity contribution in [3.8, 4) is 0 Å². The maximum atomic E-state index is 4.77. The van der Waals surface area contributed by atoms with E-state index >= 15 is 0 Å². The minimum atomic E-state index is 0.206. The summed E-state index contributed by atoms with van der Waals surface area (Å²) >= 11 is 0. The van der Waals surface area contributed by atoms with Crippen LogP contribution in [0.1, 0.15) is 25.1 Å². The highest BCUT2D eigenvalue weighted by molar-refractivity contribution is 5.43. The van der Waals surface area contributed by atoms with Crippen molar-refractivity contribution < 1.29 is 0 Å². The van der Waals surface area contributed by atoms with Crippen LogP contribution < -0.4 is 10.2 Å². The Kier molecular flexibility index (Phi) is 4.11. The smallest absolute Gasteiger partial charge is 0.128 e. The van der Waals surface area contributed by atoms with Crippen LogP contribution >= 0.6 is 0 Å². The predicted octanol–water partition coefficient (Wildman–Crippen LogP) is 1.64. The minimum absolute atomic E-state index is 0.206. The second kappa shape index (κ2) is 5.47. The summed E-state index contributed by atoms with van der Waals surface area (Å²) in [6.07, 6.45) is 0. The molecule has 19 heavy (non-hydrogen) atoms. The lowest BCUT2D eigenvalue weighted by molar-refractivity contribution is 0.138. The van der Waals surface area contributed by atoms with Gasteiger partial charge in [-0.3, -0.25) is 4.90 Å². The van der Waals surface area contributed by atoms with E-state index in [4.69, 9.17) is 4.98 Å². The van der Waals surface area contributed by atoms with Crippen molar-refractivity contribution in [2.75, 3.05) is 38.6 Å². The molecule has 0 bridgehead atoms. The highest BCUT2D eigenvalue weighted by atomic mass is 15.3. The molecule has 0 amide bonds. The Bertz CT molecular complexity index is 442. The van der Waals surface area contributed by atoms with Crippen LogP contribution in [0.3, 0.4) is 0 Å². The van der Waals surface area contributed by atoms with Gasteiger partial charge in [0.25, 0.3) is 0 Å². The van der Waals surface area contributed by atoms with Crippen molar-refractivity contribution in [1.82, 2.24) is 15.2 Å². The molecule has 0 aliphatic carbocycles. The third kappa shape index (κ3) is 3.07. The van der Waals surface area contributed by atoms with Gasteiger partial charge in [-0.25, -0.2) is 4.98 Å². The molecule has 0 aromatic carbocycles. The zero-order valence-corrected chi connectivity index (χ0v) is 12.8. The highest BCUT2D eigenvalue weighted by Crippen LogP contribution is 2.23. The van der Waals surface area contributed by atoms with Gasteiger partial charge < -0.3 is 10.2 Å². The van der Waals surface area contributed by atoms with Crippen LogP contribution in [-0.2, 0) is 6.54 Å². The average molecular weight is 262 g/mol. The van der Waals surface area contributed by atoms with Crippen molar-refractivity contribution >= 4 is 5.82 Å². The Morgan fingerprint density at radius 3 is 2.63 bits per heavy atom. The number of aromatic nitrogens is 1. The quantitative estimate of drug-likeness (QED) is 0.897. The summed E-state index contributed by atoms with van der Waals surface area (Å²) in [6.45, 7) is 10.7. The van der Waals surface area contributed by atoms with Gasteiger partial charge in [0.15, 0.2) is 0 Å². The molecule has 2 rings (SSSR count). The number of hydrogen-bond acceptors (Lipinski definition) is 4. The zero-order chi connectivity index (χ0) is 14.0. The Hall–Kier alpha value is -1.13. The van der Waals surface area contributed by atoms with Gasteiger partial charge in [-0.15, -0.1) is 0 Å². The minimum Gasteiger partial charge on any atom is -0.353 e. The zero-order valence-electron chi connectivity index (χ0n) is 12.8.